The Morgan fingerprint density at radius 2 is 1.83 bits per heavy atom. The quantitative estimate of drug-likeness (QED) is 0.668. The number of sulfonamides is 1. The van der Waals surface area contributed by atoms with Crippen molar-refractivity contribution in [3.8, 4) is 17.2 Å². The first-order valence-electron chi connectivity index (χ1n) is 8.96. The molecule has 1 amide bonds. The highest BCUT2D eigenvalue weighted by Gasteiger charge is 2.31. The molecule has 2 rings (SSSR count). The van der Waals surface area contributed by atoms with E-state index in [-0.39, 0.29) is 5.69 Å². The molecule has 1 unspecified atom stereocenters. The lowest BCUT2D eigenvalue weighted by molar-refractivity contribution is -0.116. The Morgan fingerprint density at radius 1 is 1.10 bits per heavy atom. The zero-order valence-electron chi connectivity index (χ0n) is 17.1. The molecule has 158 valence electrons. The molecule has 9 heteroatoms. The molecule has 0 fully saturated rings. The number of methoxy groups -OCH3 is 2. The van der Waals surface area contributed by atoms with Crippen LogP contribution in [0.25, 0.3) is 0 Å². The van der Waals surface area contributed by atoms with Gasteiger partial charge in [0.2, 0.25) is 15.9 Å². The minimum atomic E-state index is -3.82. The number of nitrogens with one attached hydrogen (secondary N) is 1. The van der Waals surface area contributed by atoms with Crippen LogP contribution in [0.2, 0.25) is 0 Å². The molecule has 0 saturated heterocycles. The van der Waals surface area contributed by atoms with Crippen LogP contribution in [0.15, 0.2) is 42.5 Å². The summed E-state index contributed by atoms with van der Waals surface area (Å²) in [5, 5.41) is 2.73. The van der Waals surface area contributed by atoms with Crippen LogP contribution in [0.3, 0.4) is 0 Å². The molecule has 0 aliphatic rings. The van der Waals surface area contributed by atoms with Gasteiger partial charge in [0, 0.05) is 17.8 Å². The third kappa shape index (κ3) is 5.54. The van der Waals surface area contributed by atoms with Gasteiger partial charge in [-0.05, 0) is 38.1 Å². The van der Waals surface area contributed by atoms with Gasteiger partial charge >= 0.3 is 0 Å². The van der Waals surface area contributed by atoms with Crippen molar-refractivity contribution in [2.24, 2.45) is 0 Å². The van der Waals surface area contributed by atoms with Crippen molar-refractivity contribution < 1.29 is 27.4 Å². The maximum absolute atomic E-state index is 12.9. The lowest BCUT2D eigenvalue weighted by Gasteiger charge is -2.29. The van der Waals surface area contributed by atoms with E-state index in [9.17, 15) is 13.2 Å². The molecule has 0 spiro atoms. The van der Waals surface area contributed by atoms with Gasteiger partial charge in [-0.3, -0.25) is 9.10 Å². The van der Waals surface area contributed by atoms with Gasteiger partial charge in [-0.2, -0.15) is 0 Å². The number of amides is 1. The fourth-order valence-corrected chi connectivity index (χ4v) is 4.00. The molecule has 8 nitrogen and oxygen atoms in total. The van der Waals surface area contributed by atoms with Crippen molar-refractivity contribution in [1.29, 1.82) is 0 Å². The first kappa shape index (κ1) is 22.4. The number of carbonyl (C=O) groups excluding carboxylic acids is 1. The normalized spacial score (nSPS) is 12.0. The summed E-state index contributed by atoms with van der Waals surface area (Å²) >= 11 is 0. The summed E-state index contributed by atoms with van der Waals surface area (Å²) < 4.78 is 42.1. The van der Waals surface area contributed by atoms with Gasteiger partial charge in [-0.1, -0.05) is 6.07 Å². The number of ether oxygens (including phenoxy) is 3. The third-order valence-corrected chi connectivity index (χ3v) is 5.35. The first-order valence-corrected chi connectivity index (χ1v) is 10.8. The summed E-state index contributed by atoms with van der Waals surface area (Å²) in [6.07, 6.45) is 1.03. The summed E-state index contributed by atoms with van der Waals surface area (Å²) in [6, 6.07) is 10.6. The Kier molecular flexibility index (Phi) is 7.33. The van der Waals surface area contributed by atoms with Gasteiger partial charge in [-0.25, -0.2) is 8.42 Å². The molecule has 1 N–H and O–H groups in total. The molecule has 0 aliphatic heterocycles. The van der Waals surface area contributed by atoms with Gasteiger partial charge < -0.3 is 19.5 Å². The number of carbonyl (C=O) groups is 1. The maximum atomic E-state index is 12.9. The number of nitrogens with zero attached hydrogens (tertiary/aromatic N) is 1. The van der Waals surface area contributed by atoms with Crippen LogP contribution >= 0.6 is 0 Å². The highest BCUT2D eigenvalue weighted by molar-refractivity contribution is 7.92. The average Bonchev–Trinajstić information content (AvgIpc) is 2.67. The molecule has 0 bridgehead atoms. The largest absolute Gasteiger partial charge is 0.497 e. The third-order valence-electron chi connectivity index (χ3n) is 4.12. The van der Waals surface area contributed by atoms with Crippen molar-refractivity contribution >= 4 is 27.3 Å². The summed E-state index contributed by atoms with van der Waals surface area (Å²) in [5.74, 6) is 0.835. The topological polar surface area (TPSA) is 94.2 Å². The van der Waals surface area contributed by atoms with E-state index in [1.165, 1.54) is 27.2 Å². The van der Waals surface area contributed by atoms with Gasteiger partial charge in [0.05, 0.1) is 32.8 Å². The van der Waals surface area contributed by atoms with E-state index in [0.29, 0.717) is 29.5 Å². The number of anilines is 2. The van der Waals surface area contributed by atoms with E-state index in [0.717, 1.165) is 10.6 Å². The predicted molar refractivity (Wildman–Crippen MR) is 113 cm³/mol. The monoisotopic (exact) mass is 422 g/mol. The zero-order valence-corrected chi connectivity index (χ0v) is 17.9. The molecule has 0 aliphatic carbocycles. The van der Waals surface area contributed by atoms with Crippen molar-refractivity contribution in [3.05, 3.63) is 42.5 Å². The second-order valence-corrected chi connectivity index (χ2v) is 8.08. The minimum absolute atomic E-state index is 0.208. The lowest BCUT2D eigenvalue weighted by Crippen LogP contribution is -2.45. The second kappa shape index (κ2) is 9.51. The van der Waals surface area contributed by atoms with Crippen LogP contribution in [0.1, 0.15) is 13.8 Å². The number of benzene rings is 2. The van der Waals surface area contributed by atoms with Crippen molar-refractivity contribution in [2.75, 3.05) is 36.7 Å². The van der Waals surface area contributed by atoms with E-state index in [1.54, 1.807) is 36.4 Å². The van der Waals surface area contributed by atoms with E-state index >= 15 is 0 Å². The van der Waals surface area contributed by atoms with Crippen molar-refractivity contribution in [2.45, 2.75) is 19.9 Å². The van der Waals surface area contributed by atoms with E-state index < -0.39 is 22.0 Å². The van der Waals surface area contributed by atoms with Crippen LogP contribution in [0.5, 0.6) is 17.2 Å². The molecular weight excluding hydrogens is 396 g/mol. The maximum Gasteiger partial charge on any atom is 0.247 e. The van der Waals surface area contributed by atoms with Crippen LogP contribution in [0, 0.1) is 0 Å². The first-order chi connectivity index (χ1) is 13.7. The molecule has 1 atom stereocenters. The summed E-state index contributed by atoms with van der Waals surface area (Å²) in [7, 11) is -0.920. The molecule has 0 aromatic heterocycles. The van der Waals surface area contributed by atoms with Gasteiger partial charge in [-0.15, -0.1) is 0 Å². The Morgan fingerprint density at radius 3 is 2.41 bits per heavy atom. The van der Waals surface area contributed by atoms with Gasteiger partial charge in [0.15, 0.2) is 0 Å². The fourth-order valence-electron chi connectivity index (χ4n) is 2.83. The Hall–Kier alpha value is -2.94. The fraction of sp³-hybridized carbons (Fsp3) is 0.350. The Labute approximate surface area is 171 Å². The number of hydrogen-bond donors (Lipinski definition) is 1. The number of rotatable bonds is 9. The van der Waals surface area contributed by atoms with Crippen LogP contribution in [0.4, 0.5) is 11.4 Å². The second-order valence-electron chi connectivity index (χ2n) is 6.22. The Bertz CT molecular complexity index is 961. The standard InChI is InChI=1S/C20H26N2O6S/c1-6-28-17-9-7-8-15(12-17)21-20(23)14(2)22(29(5,24)25)18-13-16(26-3)10-11-19(18)27-4/h7-14H,6H2,1-5H3,(H,21,23). The van der Waals surface area contributed by atoms with Crippen LogP contribution < -0.4 is 23.8 Å². The molecule has 0 saturated carbocycles. The molecular formula is C20H26N2O6S. The summed E-state index contributed by atoms with van der Waals surface area (Å²) in [6.45, 7) is 3.85. The Balaban J connectivity index is 2.39. The predicted octanol–water partition coefficient (Wildman–Crippen LogP) is 2.90. The smallest absolute Gasteiger partial charge is 0.247 e. The summed E-state index contributed by atoms with van der Waals surface area (Å²) in [5.41, 5.74) is 0.707. The molecule has 0 radical (unpaired) electrons. The van der Waals surface area contributed by atoms with Gasteiger partial charge in [0.25, 0.3) is 0 Å². The van der Waals surface area contributed by atoms with Gasteiger partial charge in [0.1, 0.15) is 23.3 Å². The van der Waals surface area contributed by atoms with Crippen molar-refractivity contribution in [1.82, 2.24) is 0 Å². The van der Waals surface area contributed by atoms with E-state index in [2.05, 4.69) is 5.32 Å². The molecule has 0 heterocycles. The highest BCUT2D eigenvalue weighted by Crippen LogP contribution is 2.35. The lowest BCUT2D eigenvalue weighted by atomic mass is 10.2. The zero-order chi connectivity index (χ0) is 21.6. The summed E-state index contributed by atoms with van der Waals surface area (Å²) in [4.78, 5) is 12.9. The van der Waals surface area contributed by atoms with Crippen LogP contribution in [-0.4, -0.2) is 47.4 Å². The van der Waals surface area contributed by atoms with Crippen LogP contribution in [-0.2, 0) is 14.8 Å². The van der Waals surface area contributed by atoms with Crippen molar-refractivity contribution in [3.63, 3.8) is 0 Å². The molecule has 2 aromatic carbocycles. The molecule has 29 heavy (non-hydrogen) atoms. The SMILES string of the molecule is CCOc1cccc(NC(=O)C(C)N(c2cc(OC)ccc2OC)S(C)(=O)=O)c1. The number of hydrogen-bond acceptors (Lipinski definition) is 6. The van der Waals surface area contributed by atoms with E-state index in [1.807, 2.05) is 6.92 Å². The average molecular weight is 423 g/mol. The van der Waals surface area contributed by atoms with E-state index in [4.69, 9.17) is 14.2 Å². The molecule has 2 aromatic rings. The minimum Gasteiger partial charge on any atom is -0.497 e. The highest BCUT2D eigenvalue weighted by atomic mass is 32.2.